The van der Waals surface area contributed by atoms with E-state index in [2.05, 4.69) is 28.9 Å². The molecule has 120 valence electrons. The molecule has 0 spiro atoms. The first kappa shape index (κ1) is 15.4. The van der Waals surface area contributed by atoms with Crippen molar-refractivity contribution in [3.8, 4) is 0 Å². The molecule has 0 unspecified atom stereocenters. The van der Waals surface area contributed by atoms with Crippen molar-refractivity contribution in [1.82, 2.24) is 9.88 Å². The molecule has 1 N–H and O–H groups in total. The molecular formula is C19H22N2O2. The van der Waals surface area contributed by atoms with Gasteiger partial charge in [0.15, 0.2) is 0 Å². The molecule has 0 fully saturated rings. The molecule has 0 aliphatic carbocycles. The molecule has 0 aliphatic rings. The Morgan fingerprint density at radius 2 is 1.96 bits per heavy atom. The van der Waals surface area contributed by atoms with Crippen molar-refractivity contribution in [2.24, 2.45) is 7.05 Å². The lowest BCUT2D eigenvalue weighted by Crippen LogP contribution is -2.25. The number of aromatic nitrogens is 1. The van der Waals surface area contributed by atoms with Crippen LogP contribution in [-0.2, 0) is 24.8 Å². The number of carbonyl (C=O) groups excluding carboxylic acids is 1. The molecule has 1 aromatic carbocycles. The zero-order chi connectivity index (χ0) is 16.6. The van der Waals surface area contributed by atoms with E-state index in [1.54, 1.807) is 6.26 Å². The van der Waals surface area contributed by atoms with E-state index in [9.17, 15) is 4.79 Å². The van der Waals surface area contributed by atoms with Crippen molar-refractivity contribution in [3.05, 3.63) is 58.6 Å². The number of hydrogen-bond donors (Lipinski definition) is 1. The van der Waals surface area contributed by atoms with Gasteiger partial charge in [0.2, 0.25) is 5.91 Å². The Hall–Kier alpha value is -2.49. The van der Waals surface area contributed by atoms with E-state index in [1.807, 2.05) is 33.0 Å². The van der Waals surface area contributed by atoms with Gasteiger partial charge < -0.3 is 14.3 Å². The molecule has 0 saturated heterocycles. The summed E-state index contributed by atoms with van der Waals surface area (Å²) in [5.74, 6) is 0.00443. The standard InChI is InChI=1S/C19H22N2O2/c1-12-5-8-17-15(11-23-19(17)14(12)3)9-18(22)20-10-16-7-6-13(2)21(16)4/h5-8,11H,9-10H2,1-4H3,(H,20,22). The third kappa shape index (κ3) is 2.89. The van der Waals surface area contributed by atoms with Crippen LogP contribution in [0.1, 0.15) is 28.1 Å². The molecule has 4 heteroatoms. The van der Waals surface area contributed by atoms with Crippen LogP contribution in [0.5, 0.6) is 0 Å². The molecule has 3 rings (SSSR count). The molecule has 4 nitrogen and oxygen atoms in total. The quantitative estimate of drug-likeness (QED) is 0.801. The summed E-state index contributed by atoms with van der Waals surface area (Å²) in [6, 6.07) is 8.19. The van der Waals surface area contributed by atoms with E-state index < -0.39 is 0 Å². The maximum Gasteiger partial charge on any atom is 0.224 e. The van der Waals surface area contributed by atoms with Gasteiger partial charge in [0, 0.05) is 29.4 Å². The van der Waals surface area contributed by atoms with Crippen molar-refractivity contribution in [2.75, 3.05) is 0 Å². The molecule has 0 aliphatic heterocycles. The Morgan fingerprint density at radius 3 is 2.65 bits per heavy atom. The zero-order valence-electron chi connectivity index (χ0n) is 14.1. The Labute approximate surface area is 136 Å². The third-order valence-corrected chi connectivity index (χ3v) is 4.64. The van der Waals surface area contributed by atoms with E-state index in [4.69, 9.17) is 4.42 Å². The lowest BCUT2D eigenvalue weighted by molar-refractivity contribution is -0.120. The first-order valence-corrected chi connectivity index (χ1v) is 7.81. The van der Waals surface area contributed by atoms with Crippen LogP contribution in [-0.4, -0.2) is 10.5 Å². The molecule has 2 heterocycles. The smallest absolute Gasteiger partial charge is 0.224 e. The van der Waals surface area contributed by atoms with Crippen LogP contribution in [0.2, 0.25) is 0 Å². The minimum absolute atomic E-state index is 0.00443. The summed E-state index contributed by atoms with van der Waals surface area (Å²) in [6.07, 6.45) is 2.03. The first-order chi connectivity index (χ1) is 11.0. The summed E-state index contributed by atoms with van der Waals surface area (Å²) >= 11 is 0. The lowest BCUT2D eigenvalue weighted by Gasteiger charge is -2.07. The summed E-state index contributed by atoms with van der Waals surface area (Å²) in [5.41, 5.74) is 6.42. The van der Waals surface area contributed by atoms with E-state index >= 15 is 0 Å². The van der Waals surface area contributed by atoms with Crippen molar-refractivity contribution < 1.29 is 9.21 Å². The molecule has 0 bridgehead atoms. The topological polar surface area (TPSA) is 47.2 Å². The van der Waals surface area contributed by atoms with E-state index in [-0.39, 0.29) is 5.91 Å². The van der Waals surface area contributed by atoms with Gasteiger partial charge in [0.25, 0.3) is 0 Å². The predicted octanol–water partition coefficient (Wildman–Crippen LogP) is 3.56. The van der Waals surface area contributed by atoms with Crippen molar-refractivity contribution >= 4 is 16.9 Å². The van der Waals surface area contributed by atoms with Gasteiger partial charge in [0.05, 0.1) is 19.2 Å². The minimum Gasteiger partial charge on any atom is -0.464 e. The molecule has 3 aromatic rings. The summed E-state index contributed by atoms with van der Waals surface area (Å²) in [7, 11) is 2.01. The fourth-order valence-corrected chi connectivity index (χ4v) is 2.79. The highest BCUT2D eigenvalue weighted by molar-refractivity contribution is 5.89. The maximum absolute atomic E-state index is 12.2. The van der Waals surface area contributed by atoms with Crippen LogP contribution >= 0.6 is 0 Å². The number of furan rings is 1. The molecule has 2 aromatic heterocycles. The largest absolute Gasteiger partial charge is 0.464 e. The highest BCUT2D eigenvalue weighted by Gasteiger charge is 2.13. The lowest BCUT2D eigenvalue weighted by atomic mass is 10.0. The van der Waals surface area contributed by atoms with Gasteiger partial charge in [-0.25, -0.2) is 0 Å². The fourth-order valence-electron chi connectivity index (χ4n) is 2.79. The number of hydrogen-bond acceptors (Lipinski definition) is 2. The SMILES string of the molecule is Cc1ccc2c(CC(=O)NCc3ccc(C)n3C)coc2c1C. The number of aryl methyl sites for hydroxylation is 3. The highest BCUT2D eigenvalue weighted by Crippen LogP contribution is 2.26. The van der Waals surface area contributed by atoms with Crippen LogP contribution in [0.25, 0.3) is 11.0 Å². The number of nitrogens with one attached hydrogen (secondary N) is 1. The molecule has 0 radical (unpaired) electrons. The normalized spacial score (nSPS) is 11.1. The van der Waals surface area contributed by atoms with Crippen molar-refractivity contribution in [3.63, 3.8) is 0 Å². The van der Waals surface area contributed by atoms with Gasteiger partial charge in [-0.2, -0.15) is 0 Å². The Balaban J connectivity index is 1.71. The third-order valence-electron chi connectivity index (χ3n) is 4.64. The van der Waals surface area contributed by atoms with Gasteiger partial charge in [-0.1, -0.05) is 12.1 Å². The summed E-state index contributed by atoms with van der Waals surface area (Å²) in [4.78, 5) is 12.2. The van der Waals surface area contributed by atoms with Gasteiger partial charge in [-0.3, -0.25) is 4.79 Å². The zero-order valence-corrected chi connectivity index (χ0v) is 14.1. The average Bonchev–Trinajstić information content (AvgIpc) is 3.07. The number of fused-ring (bicyclic) bond motifs is 1. The van der Waals surface area contributed by atoms with Crippen molar-refractivity contribution in [1.29, 1.82) is 0 Å². The van der Waals surface area contributed by atoms with Crippen LogP contribution in [0, 0.1) is 20.8 Å². The number of nitrogens with zero attached hydrogens (tertiary/aromatic N) is 1. The second-order valence-corrected chi connectivity index (χ2v) is 6.12. The predicted molar refractivity (Wildman–Crippen MR) is 91.4 cm³/mol. The van der Waals surface area contributed by atoms with Crippen LogP contribution in [0.15, 0.2) is 34.9 Å². The fraction of sp³-hybridized carbons (Fsp3) is 0.316. The second kappa shape index (κ2) is 5.95. The van der Waals surface area contributed by atoms with Gasteiger partial charge in [-0.15, -0.1) is 0 Å². The van der Waals surface area contributed by atoms with Gasteiger partial charge in [-0.05, 0) is 44.0 Å². The summed E-state index contributed by atoms with van der Waals surface area (Å²) in [5, 5.41) is 4.01. The van der Waals surface area contributed by atoms with E-state index in [0.29, 0.717) is 13.0 Å². The number of rotatable bonds is 4. The van der Waals surface area contributed by atoms with Gasteiger partial charge >= 0.3 is 0 Å². The van der Waals surface area contributed by atoms with Gasteiger partial charge in [0.1, 0.15) is 5.58 Å². The molecular weight excluding hydrogens is 288 g/mol. The number of benzene rings is 1. The van der Waals surface area contributed by atoms with E-state index in [1.165, 1.54) is 11.3 Å². The average molecular weight is 310 g/mol. The number of amides is 1. The molecule has 23 heavy (non-hydrogen) atoms. The van der Waals surface area contributed by atoms with Crippen LogP contribution < -0.4 is 5.32 Å². The first-order valence-electron chi connectivity index (χ1n) is 7.81. The van der Waals surface area contributed by atoms with Crippen LogP contribution in [0.3, 0.4) is 0 Å². The van der Waals surface area contributed by atoms with Crippen molar-refractivity contribution in [2.45, 2.75) is 33.7 Å². The minimum atomic E-state index is 0.00443. The highest BCUT2D eigenvalue weighted by atomic mass is 16.3. The monoisotopic (exact) mass is 310 g/mol. The summed E-state index contributed by atoms with van der Waals surface area (Å²) < 4.78 is 7.75. The second-order valence-electron chi connectivity index (χ2n) is 6.12. The maximum atomic E-state index is 12.2. The molecule has 0 atom stereocenters. The summed E-state index contributed by atoms with van der Waals surface area (Å²) in [6.45, 7) is 6.69. The molecule has 0 saturated carbocycles. The van der Waals surface area contributed by atoms with Crippen LogP contribution in [0.4, 0.5) is 0 Å². The Morgan fingerprint density at radius 1 is 1.17 bits per heavy atom. The van der Waals surface area contributed by atoms with E-state index in [0.717, 1.165) is 27.8 Å². The Bertz CT molecular complexity index is 871. The number of carbonyl (C=O) groups is 1. The Kier molecular flexibility index (Phi) is 3.99. The molecule has 1 amide bonds.